The van der Waals surface area contributed by atoms with Gasteiger partial charge in [-0.15, -0.1) is 0 Å². The standard InChI is InChI=1S/C12H15ClFNO4/c1-12(18,7-16)6-15-11(17)5-19-10-3-2-8(14)4-9(10)13/h2-4,16,18H,5-7H2,1H3,(H,15,17). The first kappa shape index (κ1) is 15.7. The van der Waals surface area contributed by atoms with Gasteiger partial charge in [0.2, 0.25) is 0 Å². The van der Waals surface area contributed by atoms with Crippen molar-refractivity contribution in [3.63, 3.8) is 0 Å². The molecular formula is C12H15ClFNO4. The SMILES string of the molecule is CC(O)(CO)CNC(=O)COc1ccc(F)cc1Cl. The van der Waals surface area contributed by atoms with Crippen LogP contribution in [0.15, 0.2) is 18.2 Å². The minimum atomic E-state index is -1.39. The normalized spacial score (nSPS) is 13.7. The van der Waals surface area contributed by atoms with E-state index >= 15 is 0 Å². The molecule has 0 saturated carbocycles. The van der Waals surface area contributed by atoms with Crippen LogP contribution in [0.4, 0.5) is 4.39 Å². The average molecular weight is 292 g/mol. The second-order valence-electron chi connectivity index (χ2n) is 4.30. The van der Waals surface area contributed by atoms with Crippen LogP contribution < -0.4 is 10.1 Å². The summed E-state index contributed by atoms with van der Waals surface area (Å²) in [6.07, 6.45) is 0. The van der Waals surface area contributed by atoms with E-state index in [4.69, 9.17) is 21.4 Å². The molecule has 1 unspecified atom stereocenters. The van der Waals surface area contributed by atoms with Crippen LogP contribution in [0, 0.1) is 5.82 Å². The zero-order valence-corrected chi connectivity index (χ0v) is 11.1. The molecule has 19 heavy (non-hydrogen) atoms. The van der Waals surface area contributed by atoms with E-state index in [2.05, 4.69) is 5.32 Å². The third kappa shape index (κ3) is 5.42. The number of halogens is 2. The molecule has 0 bridgehead atoms. The minimum absolute atomic E-state index is 0.0650. The number of aliphatic hydroxyl groups is 2. The van der Waals surface area contributed by atoms with E-state index in [1.807, 2.05) is 0 Å². The third-order valence-electron chi connectivity index (χ3n) is 2.26. The van der Waals surface area contributed by atoms with Crippen molar-refractivity contribution in [1.29, 1.82) is 0 Å². The van der Waals surface area contributed by atoms with Gasteiger partial charge in [-0.2, -0.15) is 0 Å². The van der Waals surface area contributed by atoms with Crippen LogP contribution in [0.1, 0.15) is 6.92 Å². The van der Waals surface area contributed by atoms with Crippen molar-refractivity contribution in [2.75, 3.05) is 19.8 Å². The molecule has 5 nitrogen and oxygen atoms in total. The summed E-state index contributed by atoms with van der Waals surface area (Å²) >= 11 is 5.72. The molecule has 7 heteroatoms. The lowest BCUT2D eigenvalue weighted by molar-refractivity contribution is -0.124. The third-order valence-corrected chi connectivity index (χ3v) is 2.56. The Bertz CT molecular complexity index is 453. The minimum Gasteiger partial charge on any atom is -0.482 e. The largest absolute Gasteiger partial charge is 0.482 e. The fourth-order valence-corrected chi connectivity index (χ4v) is 1.35. The predicted molar refractivity (Wildman–Crippen MR) is 67.6 cm³/mol. The summed E-state index contributed by atoms with van der Waals surface area (Å²) in [7, 11) is 0. The first-order valence-electron chi connectivity index (χ1n) is 5.52. The molecule has 0 aliphatic carbocycles. The van der Waals surface area contributed by atoms with E-state index in [0.717, 1.165) is 12.1 Å². The summed E-state index contributed by atoms with van der Waals surface area (Å²) in [5.74, 6) is -0.804. The number of benzene rings is 1. The number of carbonyl (C=O) groups excluding carboxylic acids is 1. The highest BCUT2D eigenvalue weighted by molar-refractivity contribution is 6.32. The number of nitrogens with one attached hydrogen (secondary N) is 1. The van der Waals surface area contributed by atoms with Crippen LogP contribution in [-0.4, -0.2) is 41.5 Å². The van der Waals surface area contributed by atoms with Gasteiger partial charge < -0.3 is 20.3 Å². The van der Waals surface area contributed by atoms with Crippen molar-refractivity contribution in [3.05, 3.63) is 29.0 Å². The topological polar surface area (TPSA) is 78.8 Å². The van der Waals surface area contributed by atoms with Gasteiger partial charge in [-0.25, -0.2) is 4.39 Å². The molecule has 3 N–H and O–H groups in total. The first-order valence-corrected chi connectivity index (χ1v) is 5.89. The van der Waals surface area contributed by atoms with E-state index in [0.29, 0.717) is 0 Å². The Hall–Kier alpha value is -1.37. The second-order valence-corrected chi connectivity index (χ2v) is 4.70. The van der Waals surface area contributed by atoms with Crippen molar-refractivity contribution >= 4 is 17.5 Å². The van der Waals surface area contributed by atoms with Gasteiger partial charge in [0, 0.05) is 6.54 Å². The van der Waals surface area contributed by atoms with Gasteiger partial charge in [0.15, 0.2) is 6.61 Å². The molecule has 1 aromatic rings. The van der Waals surface area contributed by atoms with Gasteiger partial charge in [-0.05, 0) is 25.1 Å². The number of amides is 1. The Balaban J connectivity index is 2.42. The van der Waals surface area contributed by atoms with Gasteiger partial charge >= 0.3 is 0 Å². The van der Waals surface area contributed by atoms with Crippen LogP contribution in [0.25, 0.3) is 0 Å². The molecule has 0 saturated heterocycles. The number of ether oxygens (including phenoxy) is 1. The maximum Gasteiger partial charge on any atom is 0.258 e. The monoisotopic (exact) mass is 291 g/mol. The van der Waals surface area contributed by atoms with Gasteiger partial charge in [-0.1, -0.05) is 11.6 Å². The number of hydrogen-bond acceptors (Lipinski definition) is 4. The number of aliphatic hydroxyl groups excluding tert-OH is 1. The van der Waals surface area contributed by atoms with Crippen molar-refractivity contribution in [2.24, 2.45) is 0 Å². The highest BCUT2D eigenvalue weighted by Gasteiger charge is 2.19. The zero-order chi connectivity index (χ0) is 14.5. The Morgan fingerprint density at radius 3 is 2.84 bits per heavy atom. The fraction of sp³-hybridized carbons (Fsp3) is 0.417. The van der Waals surface area contributed by atoms with Crippen molar-refractivity contribution in [3.8, 4) is 5.75 Å². The van der Waals surface area contributed by atoms with Crippen LogP contribution in [0.5, 0.6) is 5.75 Å². The van der Waals surface area contributed by atoms with Crippen LogP contribution in [0.2, 0.25) is 5.02 Å². The van der Waals surface area contributed by atoms with E-state index in [-0.39, 0.29) is 23.9 Å². The van der Waals surface area contributed by atoms with Gasteiger partial charge in [0.1, 0.15) is 17.2 Å². The summed E-state index contributed by atoms with van der Waals surface area (Å²) in [4.78, 5) is 11.4. The summed E-state index contributed by atoms with van der Waals surface area (Å²) in [6.45, 7) is 0.471. The molecule has 0 heterocycles. The predicted octanol–water partition coefficient (Wildman–Crippen LogP) is 0.717. The van der Waals surface area contributed by atoms with Crippen LogP contribution in [0.3, 0.4) is 0 Å². The molecule has 0 aliphatic rings. The average Bonchev–Trinajstić information content (AvgIpc) is 2.35. The van der Waals surface area contributed by atoms with E-state index in [1.165, 1.54) is 13.0 Å². The smallest absolute Gasteiger partial charge is 0.258 e. The Morgan fingerprint density at radius 1 is 1.58 bits per heavy atom. The molecule has 1 amide bonds. The van der Waals surface area contributed by atoms with E-state index in [1.54, 1.807) is 0 Å². The summed E-state index contributed by atoms with van der Waals surface area (Å²) in [5.41, 5.74) is -1.39. The van der Waals surface area contributed by atoms with Crippen LogP contribution >= 0.6 is 11.6 Å². The molecule has 1 atom stereocenters. The lowest BCUT2D eigenvalue weighted by Crippen LogP contribution is -2.44. The van der Waals surface area contributed by atoms with Gasteiger partial charge in [-0.3, -0.25) is 4.79 Å². The van der Waals surface area contributed by atoms with Crippen molar-refractivity contribution in [1.82, 2.24) is 5.32 Å². The van der Waals surface area contributed by atoms with Crippen LogP contribution in [-0.2, 0) is 4.79 Å². The highest BCUT2D eigenvalue weighted by atomic mass is 35.5. The highest BCUT2D eigenvalue weighted by Crippen LogP contribution is 2.24. The van der Waals surface area contributed by atoms with E-state index in [9.17, 15) is 14.3 Å². The molecular weight excluding hydrogens is 277 g/mol. The van der Waals surface area contributed by atoms with E-state index < -0.39 is 23.9 Å². The number of rotatable bonds is 6. The van der Waals surface area contributed by atoms with Gasteiger partial charge in [0.05, 0.1) is 11.6 Å². The van der Waals surface area contributed by atoms with Gasteiger partial charge in [0.25, 0.3) is 5.91 Å². The summed E-state index contributed by atoms with van der Waals surface area (Å²) < 4.78 is 17.9. The molecule has 0 radical (unpaired) electrons. The number of carbonyl (C=O) groups is 1. The Morgan fingerprint density at radius 2 is 2.26 bits per heavy atom. The first-order chi connectivity index (χ1) is 8.84. The molecule has 1 aromatic carbocycles. The molecule has 0 fully saturated rings. The Labute approximate surface area is 115 Å². The summed E-state index contributed by atoms with van der Waals surface area (Å²) in [6, 6.07) is 3.55. The molecule has 0 aliphatic heterocycles. The lowest BCUT2D eigenvalue weighted by Gasteiger charge is -2.20. The number of hydrogen-bond donors (Lipinski definition) is 3. The van der Waals surface area contributed by atoms with Crippen molar-refractivity contribution in [2.45, 2.75) is 12.5 Å². The molecule has 106 valence electrons. The molecule has 0 aromatic heterocycles. The quantitative estimate of drug-likeness (QED) is 0.721. The molecule has 1 rings (SSSR count). The van der Waals surface area contributed by atoms with Crippen molar-refractivity contribution < 1.29 is 24.1 Å². The zero-order valence-electron chi connectivity index (χ0n) is 10.3. The lowest BCUT2D eigenvalue weighted by atomic mass is 10.1. The molecule has 0 spiro atoms. The fourth-order valence-electron chi connectivity index (χ4n) is 1.13. The maximum atomic E-state index is 12.8. The Kier molecular flexibility index (Phi) is 5.53. The maximum absolute atomic E-state index is 12.8. The second kappa shape index (κ2) is 6.70. The summed E-state index contributed by atoms with van der Waals surface area (Å²) in [5, 5.41) is 20.7.